The number of rotatable bonds is 3. The van der Waals surface area contributed by atoms with Gasteiger partial charge in [0.1, 0.15) is 16.9 Å². The van der Waals surface area contributed by atoms with E-state index < -0.39 is 16.9 Å². The quantitative estimate of drug-likeness (QED) is 0.547. The minimum Gasteiger partial charge on any atom is -0.507 e. The van der Waals surface area contributed by atoms with Crippen LogP contribution in [0.1, 0.15) is 5.56 Å². The molecule has 0 spiro atoms. The first kappa shape index (κ1) is 17.2. The second-order valence-electron chi connectivity index (χ2n) is 6.06. The van der Waals surface area contributed by atoms with Gasteiger partial charge in [-0.25, -0.2) is 4.79 Å². The standard InChI is InChI=1S/C20H14ClNO5/c1-26-13-5-2-11(3-6-13)10-22-15-8-12(21)4-7-14(15)19-18(20(22)25)16(23)9-17(24)27-19/h2-9,23H,10H2,1H3. The number of benzene rings is 2. The third-order valence-corrected chi connectivity index (χ3v) is 4.63. The Morgan fingerprint density at radius 1 is 1.11 bits per heavy atom. The van der Waals surface area contributed by atoms with Crippen LogP contribution >= 0.6 is 11.6 Å². The van der Waals surface area contributed by atoms with E-state index in [0.29, 0.717) is 21.7 Å². The average Bonchev–Trinajstić information content (AvgIpc) is 2.65. The summed E-state index contributed by atoms with van der Waals surface area (Å²) in [4.78, 5) is 24.8. The molecule has 1 N–H and O–H groups in total. The first-order valence-electron chi connectivity index (χ1n) is 8.10. The Labute approximate surface area is 157 Å². The van der Waals surface area contributed by atoms with Crippen LogP contribution in [-0.2, 0) is 6.54 Å². The Bertz CT molecular complexity index is 1290. The Morgan fingerprint density at radius 2 is 1.85 bits per heavy atom. The highest BCUT2D eigenvalue weighted by Gasteiger charge is 2.17. The van der Waals surface area contributed by atoms with E-state index in [1.807, 2.05) is 12.1 Å². The minimum absolute atomic E-state index is 0.0436. The van der Waals surface area contributed by atoms with Gasteiger partial charge in [0.15, 0.2) is 5.58 Å². The molecule has 0 aliphatic rings. The Hall–Kier alpha value is -3.25. The van der Waals surface area contributed by atoms with Gasteiger partial charge in [-0.2, -0.15) is 0 Å². The maximum Gasteiger partial charge on any atom is 0.339 e. The molecule has 4 rings (SSSR count). The number of aromatic hydroxyl groups is 1. The number of pyridine rings is 1. The summed E-state index contributed by atoms with van der Waals surface area (Å²) in [5.74, 6) is 0.295. The van der Waals surface area contributed by atoms with Gasteiger partial charge in [-0.1, -0.05) is 23.7 Å². The van der Waals surface area contributed by atoms with Crippen LogP contribution in [0.15, 0.2) is 62.5 Å². The van der Waals surface area contributed by atoms with Gasteiger partial charge >= 0.3 is 5.63 Å². The molecule has 2 aromatic carbocycles. The molecular formula is C20H14ClNO5. The largest absolute Gasteiger partial charge is 0.507 e. The number of fused-ring (bicyclic) bond motifs is 3. The predicted octanol–water partition coefficient (Wildman–Crippen LogP) is 3.52. The molecule has 0 amide bonds. The summed E-state index contributed by atoms with van der Waals surface area (Å²) in [5.41, 5.74) is 0.197. The minimum atomic E-state index is -0.733. The van der Waals surface area contributed by atoms with Crippen LogP contribution in [0.3, 0.4) is 0 Å². The van der Waals surface area contributed by atoms with Gasteiger partial charge in [-0.05, 0) is 35.9 Å². The molecule has 136 valence electrons. The van der Waals surface area contributed by atoms with Crippen molar-refractivity contribution in [2.45, 2.75) is 6.54 Å². The van der Waals surface area contributed by atoms with Crippen molar-refractivity contribution in [2.24, 2.45) is 0 Å². The van der Waals surface area contributed by atoms with E-state index in [4.69, 9.17) is 20.8 Å². The second-order valence-corrected chi connectivity index (χ2v) is 6.49. The molecule has 2 aromatic heterocycles. The van der Waals surface area contributed by atoms with Crippen LogP contribution in [0.25, 0.3) is 21.9 Å². The maximum atomic E-state index is 13.1. The second kappa shape index (κ2) is 6.48. The van der Waals surface area contributed by atoms with Gasteiger partial charge in [0.05, 0.1) is 25.2 Å². The highest BCUT2D eigenvalue weighted by Crippen LogP contribution is 2.29. The first-order valence-corrected chi connectivity index (χ1v) is 8.47. The fourth-order valence-corrected chi connectivity index (χ4v) is 3.28. The van der Waals surface area contributed by atoms with Crippen molar-refractivity contribution in [3.05, 3.63) is 79.9 Å². The number of aromatic nitrogens is 1. The van der Waals surface area contributed by atoms with Crippen molar-refractivity contribution in [3.63, 3.8) is 0 Å². The summed E-state index contributed by atoms with van der Waals surface area (Å²) in [6.07, 6.45) is 0. The van der Waals surface area contributed by atoms with Crippen molar-refractivity contribution in [2.75, 3.05) is 7.11 Å². The van der Waals surface area contributed by atoms with Crippen molar-refractivity contribution in [1.82, 2.24) is 4.57 Å². The van der Waals surface area contributed by atoms with E-state index in [1.54, 1.807) is 37.4 Å². The summed E-state index contributed by atoms with van der Waals surface area (Å²) in [5, 5.41) is 11.1. The molecule has 0 saturated carbocycles. The first-order chi connectivity index (χ1) is 13.0. The van der Waals surface area contributed by atoms with Gasteiger partial charge in [0.2, 0.25) is 0 Å². The van der Waals surface area contributed by atoms with Crippen molar-refractivity contribution in [3.8, 4) is 11.5 Å². The summed E-state index contributed by atoms with van der Waals surface area (Å²) in [6.45, 7) is 0.244. The number of hydrogen-bond donors (Lipinski definition) is 1. The summed E-state index contributed by atoms with van der Waals surface area (Å²) < 4.78 is 11.9. The van der Waals surface area contributed by atoms with Crippen LogP contribution in [0.4, 0.5) is 0 Å². The molecule has 0 aliphatic carbocycles. The predicted molar refractivity (Wildman–Crippen MR) is 103 cm³/mol. The molecular weight excluding hydrogens is 370 g/mol. The highest BCUT2D eigenvalue weighted by atomic mass is 35.5. The lowest BCUT2D eigenvalue weighted by atomic mass is 10.1. The van der Waals surface area contributed by atoms with Gasteiger partial charge < -0.3 is 18.8 Å². The maximum absolute atomic E-state index is 13.1. The fourth-order valence-electron chi connectivity index (χ4n) is 3.11. The summed E-state index contributed by atoms with van der Waals surface area (Å²) in [7, 11) is 1.58. The molecule has 4 aromatic rings. The van der Waals surface area contributed by atoms with E-state index >= 15 is 0 Å². The topological polar surface area (TPSA) is 81.7 Å². The van der Waals surface area contributed by atoms with Crippen LogP contribution in [0, 0.1) is 0 Å². The molecule has 0 aliphatic heterocycles. The average molecular weight is 384 g/mol. The summed E-state index contributed by atoms with van der Waals surface area (Å²) in [6, 6.07) is 13.1. The SMILES string of the molecule is COc1ccc(Cn2c(=O)c3c(O)cc(=O)oc3c3ccc(Cl)cc32)cc1. The van der Waals surface area contributed by atoms with E-state index in [9.17, 15) is 14.7 Å². The molecule has 6 nitrogen and oxygen atoms in total. The van der Waals surface area contributed by atoms with Crippen molar-refractivity contribution >= 4 is 33.5 Å². The van der Waals surface area contributed by atoms with E-state index in [-0.39, 0.29) is 17.5 Å². The number of nitrogens with zero attached hydrogens (tertiary/aromatic N) is 1. The molecule has 0 radical (unpaired) electrons. The number of ether oxygens (including phenoxy) is 1. The molecule has 7 heteroatoms. The lowest BCUT2D eigenvalue weighted by molar-refractivity contribution is 0.414. The van der Waals surface area contributed by atoms with Gasteiger partial charge in [-0.15, -0.1) is 0 Å². The molecule has 0 atom stereocenters. The highest BCUT2D eigenvalue weighted by molar-refractivity contribution is 6.31. The van der Waals surface area contributed by atoms with Gasteiger partial charge in [0.25, 0.3) is 5.56 Å². The van der Waals surface area contributed by atoms with Crippen LogP contribution < -0.4 is 15.9 Å². The summed E-state index contributed by atoms with van der Waals surface area (Å²) >= 11 is 6.13. The molecule has 0 unspecified atom stereocenters. The van der Waals surface area contributed by atoms with Crippen LogP contribution in [0.5, 0.6) is 11.5 Å². The van der Waals surface area contributed by atoms with E-state index in [0.717, 1.165) is 11.6 Å². The normalized spacial score (nSPS) is 11.2. The van der Waals surface area contributed by atoms with Gasteiger partial charge in [-0.3, -0.25) is 4.79 Å². The zero-order valence-electron chi connectivity index (χ0n) is 14.2. The Morgan fingerprint density at radius 3 is 2.56 bits per heavy atom. The third-order valence-electron chi connectivity index (χ3n) is 4.39. The number of hydrogen-bond acceptors (Lipinski definition) is 5. The Kier molecular flexibility index (Phi) is 4.12. The zero-order valence-corrected chi connectivity index (χ0v) is 15.0. The molecule has 27 heavy (non-hydrogen) atoms. The molecule has 0 saturated heterocycles. The lowest BCUT2D eigenvalue weighted by Crippen LogP contribution is -2.22. The van der Waals surface area contributed by atoms with Gasteiger partial charge in [0, 0.05) is 10.4 Å². The third kappa shape index (κ3) is 2.94. The number of halogens is 1. The monoisotopic (exact) mass is 383 g/mol. The zero-order chi connectivity index (χ0) is 19.1. The van der Waals surface area contributed by atoms with Crippen molar-refractivity contribution < 1.29 is 14.3 Å². The molecule has 2 heterocycles. The number of methoxy groups -OCH3 is 1. The van der Waals surface area contributed by atoms with Crippen LogP contribution in [-0.4, -0.2) is 16.8 Å². The molecule has 0 bridgehead atoms. The van der Waals surface area contributed by atoms with E-state index in [2.05, 4.69) is 0 Å². The molecule has 0 fully saturated rings. The van der Waals surface area contributed by atoms with Crippen LogP contribution in [0.2, 0.25) is 5.02 Å². The van der Waals surface area contributed by atoms with Crippen molar-refractivity contribution in [1.29, 1.82) is 0 Å². The Balaban J connectivity index is 2.05. The fraction of sp³-hybridized carbons (Fsp3) is 0.100. The smallest absolute Gasteiger partial charge is 0.339 e. The van der Waals surface area contributed by atoms with E-state index in [1.165, 1.54) is 4.57 Å². The lowest BCUT2D eigenvalue weighted by Gasteiger charge is -2.13.